The number of H-pyrrole nitrogens is 1. The summed E-state index contributed by atoms with van der Waals surface area (Å²) in [7, 11) is 1.53. The molecule has 1 N–H and O–H groups in total. The van der Waals surface area contributed by atoms with Crippen molar-refractivity contribution in [1.82, 2.24) is 4.98 Å². The number of esters is 2. The van der Waals surface area contributed by atoms with Crippen LogP contribution < -0.4 is 9.47 Å². The second-order valence-corrected chi connectivity index (χ2v) is 11.6. The van der Waals surface area contributed by atoms with Gasteiger partial charge in [0.05, 0.1) is 10.7 Å². The van der Waals surface area contributed by atoms with Crippen molar-refractivity contribution in [2.75, 3.05) is 7.11 Å². The molecule has 3 aromatic carbocycles. The number of para-hydroxylation sites is 1. The molecule has 5 rings (SSSR count). The quantitative estimate of drug-likeness (QED) is 0.126. The highest BCUT2D eigenvalue weighted by molar-refractivity contribution is 14.1. The summed E-state index contributed by atoms with van der Waals surface area (Å²) in [6.45, 7) is 3.25. The number of hydrogen-bond acceptors (Lipinski definition) is 6. The van der Waals surface area contributed by atoms with Crippen LogP contribution in [0.4, 0.5) is 0 Å². The van der Waals surface area contributed by atoms with E-state index in [1.165, 1.54) is 21.0 Å². The monoisotopic (exact) mass is 679 g/mol. The molecule has 0 amide bonds. The number of aromatic amines is 1. The van der Waals surface area contributed by atoms with Gasteiger partial charge in [0.2, 0.25) is 0 Å². The van der Waals surface area contributed by atoms with Gasteiger partial charge < -0.3 is 23.9 Å². The fourth-order valence-electron chi connectivity index (χ4n) is 4.75. The van der Waals surface area contributed by atoms with Gasteiger partial charge in [-0.3, -0.25) is 9.59 Å². The molecule has 0 aliphatic carbocycles. The van der Waals surface area contributed by atoms with Gasteiger partial charge in [-0.15, -0.1) is 0 Å². The Morgan fingerprint density at radius 2 is 1.77 bits per heavy atom. The van der Waals surface area contributed by atoms with Crippen LogP contribution in [0, 0.1) is 9.49 Å². The van der Waals surface area contributed by atoms with Gasteiger partial charge in [0.25, 0.3) is 5.79 Å². The second kappa shape index (κ2) is 10.9. The summed E-state index contributed by atoms with van der Waals surface area (Å²) in [5.74, 6) is -3.67. The first-order chi connectivity index (χ1) is 18.6. The van der Waals surface area contributed by atoms with Gasteiger partial charge >= 0.3 is 11.9 Å². The molecule has 0 spiro atoms. The van der Waals surface area contributed by atoms with Crippen molar-refractivity contribution in [3.05, 3.63) is 91.1 Å². The van der Waals surface area contributed by atoms with Crippen LogP contribution in [0.1, 0.15) is 36.5 Å². The standard InChI is InChI=1S/C29H24Cl2INO6/c1-29(2)38-27(34)25(28(35)39-29)24(19-13-33-22-7-5-4-6-18(19)22)16-10-21(32)26(23(11-16)36-3)37-14-15-8-9-17(30)12-20(15)31/h4-13,24-25,33H,14H2,1-3H3/t24-/m0/s1. The minimum Gasteiger partial charge on any atom is -0.493 e. The van der Waals surface area contributed by atoms with E-state index in [2.05, 4.69) is 27.6 Å². The van der Waals surface area contributed by atoms with Gasteiger partial charge in [-0.1, -0.05) is 47.5 Å². The molecular formula is C29H24Cl2INO6. The van der Waals surface area contributed by atoms with Crippen molar-refractivity contribution in [2.45, 2.75) is 32.2 Å². The molecule has 4 aromatic rings. The molecule has 0 unspecified atom stereocenters. The summed E-state index contributed by atoms with van der Waals surface area (Å²) in [5.41, 5.74) is 3.05. The van der Waals surface area contributed by atoms with E-state index in [-0.39, 0.29) is 6.61 Å². The highest BCUT2D eigenvalue weighted by Crippen LogP contribution is 2.44. The summed E-state index contributed by atoms with van der Waals surface area (Å²) in [4.78, 5) is 29.8. The van der Waals surface area contributed by atoms with Crippen molar-refractivity contribution in [3.63, 3.8) is 0 Å². The van der Waals surface area contributed by atoms with Crippen molar-refractivity contribution < 1.29 is 28.5 Å². The van der Waals surface area contributed by atoms with Gasteiger partial charge in [0.1, 0.15) is 6.61 Å². The number of aromatic nitrogens is 1. The van der Waals surface area contributed by atoms with Crippen LogP contribution in [0.25, 0.3) is 10.9 Å². The smallest absolute Gasteiger partial charge is 0.324 e. The number of carbonyl (C=O) groups is 2. The molecule has 7 nitrogen and oxygen atoms in total. The Kier molecular flexibility index (Phi) is 7.72. The van der Waals surface area contributed by atoms with Crippen molar-refractivity contribution in [1.29, 1.82) is 0 Å². The fraction of sp³-hybridized carbons (Fsp3) is 0.241. The van der Waals surface area contributed by atoms with E-state index in [1.807, 2.05) is 36.5 Å². The molecule has 2 heterocycles. The van der Waals surface area contributed by atoms with Crippen molar-refractivity contribution >= 4 is 68.6 Å². The van der Waals surface area contributed by atoms with Crippen LogP contribution in [-0.2, 0) is 25.7 Å². The van der Waals surface area contributed by atoms with Gasteiger partial charge in [-0.2, -0.15) is 0 Å². The molecular weight excluding hydrogens is 656 g/mol. The van der Waals surface area contributed by atoms with Crippen LogP contribution in [0.2, 0.25) is 10.0 Å². The van der Waals surface area contributed by atoms with Gasteiger partial charge in [0.15, 0.2) is 17.4 Å². The minimum atomic E-state index is -1.35. The zero-order valence-corrected chi connectivity index (χ0v) is 24.9. The maximum Gasteiger partial charge on any atom is 0.324 e. The number of nitrogens with one attached hydrogen (secondary N) is 1. The van der Waals surface area contributed by atoms with E-state index in [0.717, 1.165) is 25.6 Å². The summed E-state index contributed by atoms with van der Waals surface area (Å²) in [5, 5.41) is 1.90. The van der Waals surface area contributed by atoms with E-state index in [9.17, 15) is 9.59 Å². The van der Waals surface area contributed by atoms with E-state index < -0.39 is 29.6 Å². The highest BCUT2D eigenvalue weighted by Gasteiger charge is 2.49. The summed E-state index contributed by atoms with van der Waals surface area (Å²) >= 11 is 14.5. The normalized spacial score (nSPS) is 16.1. The first-order valence-corrected chi connectivity index (χ1v) is 13.9. The van der Waals surface area contributed by atoms with E-state index in [4.69, 9.17) is 42.1 Å². The Balaban J connectivity index is 1.59. The van der Waals surface area contributed by atoms with E-state index in [0.29, 0.717) is 27.1 Å². The number of halogens is 3. The van der Waals surface area contributed by atoms with Gasteiger partial charge in [0, 0.05) is 52.5 Å². The molecule has 0 saturated carbocycles. The van der Waals surface area contributed by atoms with Crippen LogP contribution in [0.15, 0.2) is 60.8 Å². The topological polar surface area (TPSA) is 86.9 Å². The first-order valence-electron chi connectivity index (χ1n) is 12.0. The lowest BCUT2D eigenvalue weighted by atomic mass is 9.80. The molecule has 0 radical (unpaired) electrons. The Labute approximate surface area is 248 Å². The third-order valence-electron chi connectivity index (χ3n) is 6.49. The first kappa shape index (κ1) is 27.6. The number of methoxy groups -OCH3 is 1. The summed E-state index contributed by atoms with van der Waals surface area (Å²) in [6.07, 6.45) is 1.81. The minimum absolute atomic E-state index is 0.184. The van der Waals surface area contributed by atoms with Crippen LogP contribution in [-0.4, -0.2) is 29.8 Å². The Bertz CT molecular complexity index is 1560. The largest absolute Gasteiger partial charge is 0.493 e. The molecule has 1 aromatic heterocycles. The molecule has 1 atom stereocenters. The third-order valence-corrected chi connectivity index (χ3v) is 7.88. The molecule has 10 heteroatoms. The molecule has 0 bridgehead atoms. The lowest BCUT2D eigenvalue weighted by molar-refractivity contribution is -0.240. The lowest BCUT2D eigenvalue weighted by Gasteiger charge is -2.36. The van der Waals surface area contributed by atoms with Crippen molar-refractivity contribution in [2.24, 2.45) is 5.92 Å². The van der Waals surface area contributed by atoms with Crippen LogP contribution in [0.3, 0.4) is 0 Å². The molecule has 1 saturated heterocycles. The molecule has 39 heavy (non-hydrogen) atoms. The SMILES string of the molecule is COc1cc([C@@H](c2c[nH]c3ccccc23)C2C(=O)OC(C)(C)OC2=O)cc(I)c1OCc1ccc(Cl)cc1Cl. The average Bonchev–Trinajstić information content (AvgIpc) is 3.29. The Morgan fingerprint density at radius 3 is 2.46 bits per heavy atom. The Hall–Kier alpha value is -2.95. The van der Waals surface area contributed by atoms with Gasteiger partial charge in [-0.05, 0) is 64.0 Å². The van der Waals surface area contributed by atoms with Crippen molar-refractivity contribution in [3.8, 4) is 11.5 Å². The number of hydrogen-bond donors (Lipinski definition) is 1. The number of fused-ring (bicyclic) bond motifs is 1. The lowest BCUT2D eigenvalue weighted by Crippen LogP contribution is -2.48. The number of benzene rings is 3. The maximum absolute atomic E-state index is 13.3. The van der Waals surface area contributed by atoms with Crippen LogP contribution in [0.5, 0.6) is 11.5 Å². The molecule has 1 aliphatic rings. The number of carbonyl (C=O) groups excluding carboxylic acids is 2. The predicted molar refractivity (Wildman–Crippen MR) is 156 cm³/mol. The Morgan fingerprint density at radius 1 is 1.05 bits per heavy atom. The molecule has 1 aliphatic heterocycles. The van der Waals surface area contributed by atoms with Gasteiger partial charge in [-0.25, -0.2) is 0 Å². The second-order valence-electron chi connectivity index (χ2n) is 9.55. The average molecular weight is 680 g/mol. The fourth-order valence-corrected chi connectivity index (χ4v) is 6.00. The number of ether oxygens (including phenoxy) is 4. The van der Waals surface area contributed by atoms with Crippen LogP contribution >= 0.6 is 45.8 Å². The number of cyclic esters (lactones) is 2. The predicted octanol–water partition coefficient (Wildman–Crippen LogP) is 7.25. The maximum atomic E-state index is 13.3. The summed E-state index contributed by atoms with van der Waals surface area (Å²) < 4.78 is 23.6. The van der Waals surface area contributed by atoms with E-state index >= 15 is 0 Å². The zero-order valence-electron chi connectivity index (χ0n) is 21.2. The number of rotatable bonds is 7. The zero-order chi connectivity index (χ0) is 27.9. The third kappa shape index (κ3) is 5.55. The molecule has 202 valence electrons. The molecule has 1 fully saturated rings. The summed E-state index contributed by atoms with van der Waals surface area (Å²) in [6, 6.07) is 16.5. The highest BCUT2D eigenvalue weighted by atomic mass is 127. The van der Waals surface area contributed by atoms with E-state index in [1.54, 1.807) is 24.3 Å².